The van der Waals surface area contributed by atoms with Crippen molar-refractivity contribution in [1.29, 1.82) is 0 Å². The molecule has 5 rings (SSSR count). The second-order valence-corrected chi connectivity index (χ2v) is 7.46. The zero-order valence-electron chi connectivity index (χ0n) is 16.2. The average Bonchev–Trinajstić information content (AvgIpc) is 3.31. The first-order valence-corrected chi connectivity index (χ1v) is 9.52. The van der Waals surface area contributed by atoms with Crippen molar-refractivity contribution >= 4 is 28.5 Å². The van der Waals surface area contributed by atoms with E-state index in [1.54, 1.807) is 25.1 Å². The Labute approximate surface area is 172 Å². The van der Waals surface area contributed by atoms with E-state index in [9.17, 15) is 14.4 Å². The quantitative estimate of drug-likeness (QED) is 0.535. The van der Waals surface area contributed by atoms with Gasteiger partial charge in [-0.1, -0.05) is 42.5 Å². The molecule has 1 unspecified atom stereocenters. The van der Waals surface area contributed by atoms with Crippen molar-refractivity contribution in [2.24, 2.45) is 0 Å². The normalized spacial score (nSPS) is 20.0. The molecule has 1 fully saturated rings. The van der Waals surface area contributed by atoms with Gasteiger partial charge in [-0.25, -0.2) is 4.79 Å². The van der Waals surface area contributed by atoms with Crippen LogP contribution in [0.15, 0.2) is 60.7 Å². The van der Waals surface area contributed by atoms with Gasteiger partial charge < -0.3 is 14.8 Å². The zero-order chi connectivity index (χ0) is 20.9. The van der Waals surface area contributed by atoms with E-state index in [0.717, 1.165) is 15.7 Å². The number of fused-ring (bicyclic) bond motifs is 2. The molecule has 7 heteroatoms. The molecule has 2 aliphatic heterocycles. The Kier molecular flexibility index (Phi) is 3.99. The number of hydrogen-bond donors (Lipinski definition) is 1. The molecule has 1 saturated heterocycles. The predicted octanol–water partition coefficient (Wildman–Crippen LogP) is 3.22. The summed E-state index contributed by atoms with van der Waals surface area (Å²) in [6, 6.07) is 17.5. The highest BCUT2D eigenvalue weighted by atomic mass is 16.7. The van der Waals surface area contributed by atoms with Crippen LogP contribution in [-0.2, 0) is 10.3 Å². The van der Waals surface area contributed by atoms with Crippen molar-refractivity contribution in [2.45, 2.75) is 12.5 Å². The van der Waals surface area contributed by atoms with Gasteiger partial charge in [0.1, 0.15) is 5.54 Å². The third-order valence-electron chi connectivity index (χ3n) is 5.60. The van der Waals surface area contributed by atoms with Crippen molar-refractivity contribution in [3.05, 3.63) is 71.8 Å². The highest BCUT2D eigenvalue weighted by Crippen LogP contribution is 2.35. The molecule has 3 aromatic carbocycles. The Morgan fingerprint density at radius 1 is 1.03 bits per heavy atom. The number of imide groups is 1. The number of amides is 3. The summed E-state index contributed by atoms with van der Waals surface area (Å²) in [6.45, 7) is 1.41. The Bertz CT molecular complexity index is 1220. The second kappa shape index (κ2) is 6.59. The largest absolute Gasteiger partial charge is 0.454 e. The van der Waals surface area contributed by atoms with Gasteiger partial charge in [-0.3, -0.25) is 14.5 Å². The highest BCUT2D eigenvalue weighted by Gasteiger charge is 2.50. The van der Waals surface area contributed by atoms with Crippen LogP contribution in [-0.4, -0.2) is 36.0 Å². The van der Waals surface area contributed by atoms with E-state index in [1.165, 1.54) is 0 Å². The lowest BCUT2D eigenvalue weighted by Gasteiger charge is -2.24. The lowest BCUT2D eigenvalue weighted by molar-refractivity contribution is -0.130. The Balaban J connectivity index is 1.45. The van der Waals surface area contributed by atoms with E-state index in [-0.39, 0.29) is 19.1 Å². The van der Waals surface area contributed by atoms with E-state index < -0.39 is 17.5 Å². The van der Waals surface area contributed by atoms with E-state index in [4.69, 9.17) is 9.47 Å². The van der Waals surface area contributed by atoms with Crippen LogP contribution in [0.3, 0.4) is 0 Å². The minimum atomic E-state index is -1.26. The van der Waals surface area contributed by atoms with Crippen LogP contribution in [0.25, 0.3) is 10.8 Å². The minimum Gasteiger partial charge on any atom is -0.454 e. The van der Waals surface area contributed by atoms with Gasteiger partial charge in [-0.05, 0) is 41.5 Å². The summed E-state index contributed by atoms with van der Waals surface area (Å²) in [4.78, 5) is 39.7. The third kappa shape index (κ3) is 2.70. The summed E-state index contributed by atoms with van der Waals surface area (Å²) in [6.07, 6.45) is 0. The van der Waals surface area contributed by atoms with E-state index in [1.807, 2.05) is 42.5 Å². The molecule has 3 amide bonds. The molecular weight excluding hydrogens is 384 g/mol. The van der Waals surface area contributed by atoms with Crippen molar-refractivity contribution in [3.8, 4) is 11.5 Å². The first-order chi connectivity index (χ1) is 14.5. The summed E-state index contributed by atoms with van der Waals surface area (Å²) in [5, 5.41) is 4.62. The molecular formula is C23H18N2O5. The number of nitrogens with zero attached hydrogens (tertiary/aromatic N) is 1. The summed E-state index contributed by atoms with van der Waals surface area (Å²) in [5.41, 5.74) is -0.219. The van der Waals surface area contributed by atoms with Gasteiger partial charge in [0.25, 0.3) is 5.91 Å². The predicted molar refractivity (Wildman–Crippen MR) is 108 cm³/mol. The van der Waals surface area contributed by atoms with Gasteiger partial charge >= 0.3 is 6.03 Å². The monoisotopic (exact) mass is 402 g/mol. The van der Waals surface area contributed by atoms with Crippen LogP contribution in [0.4, 0.5) is 4.79 Å². The Morgan fingerprint density at radius 3 is 2.67 bits per heavy atom. The summed E-state index contributed by atoms with van der Waals surface area (Å²) in [7, 11) is 0. The molecule has 1 atom stereocenters. The first-order valence-electron chi connectivity index (χ1n) is 9.52. The number of nitrogens with one attached hydrogen (secondary N) is 1. The second-order valence-electron chi connectivity index (χ2n) is 7.46. The smallest absolute Gasteiger partial charge is 0.325 e. The number of ketones is 1. The molecule has 0 aromatic heterocycles. The lowest BCUT2D eigenvalue weighted by Crippen LogP contribution is -2.41. The van der Waals surface area contributed by atoms with Gasteiger partial charge in [-0.15, -0.1) is 0 Å². The minimum absolute atomic E-state index is 0.101. The van der Waals surface area contributed by atoms with Crippen LogP contribution in [0.5, 0.6) is 11.5 Å². The fourth-order valence-corrected chi connectivity index (χ4v) is 3.99. The van der Waals surface area contributed by atoms with E-state index in [0.29, 0.717) is 22.6 Å². The maximum atomic E-state index is 13.3. The lowest BCUT2D eigenvalue weighted by atomic mass is 9.88. The van der Waals surface area contributed by atoms with Crippen LogP contribution < -0.4 is 14.8 Å². The first kappa shape index (κ1) is 18.2. The summed E-state index contributed by atoms with van der Waals surface area (Å²) >= 11 is 0. The molecule has 0 bridgehead atoms. The number of carbonyl (C=O) groups excluding carboxylic acids is 3. The van der Waals surface area contributed by atoms with Gasteiger partial charge in [0.05, 0.1) is 6.54 Å². The zero-order valence-corrected chi connectivity index (χ0v) is 16.2. The number of hydrogen-bond acceptors (Lipinski definition) is 5. The molecule has 0 aliphatic carbocycles. The summed E-state index contributed by atoms with van der Waals surface area (Å²) in [5.74, 6) is 0.209. The van der Waals surface area contributed by atoms with Crippen LogP contribution in [0.1, 0.15) is 22.8 Å². The van der Waals surface area contributed by atoms with Crippen molar-refractivity contribution in [2.75, 3.05) is 13.3 Å². The number of urea groups is 1. The molecule has 2 heterocycles. The molecule has 30 heavy (non-hydrogen) atoms. The molecule has 0 radical (unpaired) electrons. The summed E-state index contributed by atoms with van der Waals surface area (Å²) < 4.78 is 10.5. The third-order valence-corrected chi connectivity index (χ3v) is 5.60. The topological polar surface area (TPSA) is 84.9 Å². The van der Waals surface area contributed by atoms with E-state index in [2.05, 4.69) is 5.32 Å². The van der Waals surface area contributed by atoms with Gasteiger partial charge in [0, 0.05) is 5.56 Å². The maximum Gasteiger partial charge on any atom is 0.325 e. The Hall–Kier alpha value is -3.87. The number of Topliss-reactive ketones (excluding diaryl/α,β-unsaturated/α-hetero) is 1. The van der Waals surface area contributed by atoms with Crippen molar-refractivity contribution in [3.63, 3.8) is 0 Å². The molecule has 3 aromatic rings. The molecule has 150 valence electrons. The van der Waals surface area contributed by atoms with E-state index >= 15 is 0 Å². The number of carbonyl (C=O) groups is 3. The van der Waals surface area contributed by atoms with Gasteiger partial charge in [-0.2, -0.15) is 0 Å². The highest BCUT2D eigenvalue weighted by molar-refractivity contribution is 6.12. The maximum absolute atomic E-state index is 13.3. The number of ether oxygens (including phenoxy) is 2. The van der Waals surface area contributed by atoms with Crippen molar-refractivity contribution in [1.82, 2.24) is 10.2 Å². The number of rotatable bonds is 4. The molecule has 7 nitrogen and oxygen atoms in total. The van der Waals surface area contributed by atoms with Gasteiger partial charge in [0.2, 0.25) is 6.79 Å². The Morgan fingerprint density at radius 2 is 1.80 bits per heavy atom. The van der Waals surface area contributed by atoms with Gasteiger partial charge in [0.15, 0.2) is 17.3 Å². The fourth-order valence-electron chi connectivity index (χ4n) is 3.99. The fraction of sp³-hybridized carbons (Fsp3) is 0.174. The molecule has 0 spiro atoms. The molecule has 1 N–H and O–H groups in total. The standard InChI is InChI=1S/C23H18N2O5/c1-23(17-8-4-6-14-5-2-3-7-16(14)17)21(27)25(22(28)24-23)12-18(26)15-9-10-19-20(11-15)30-13-29-19/h2-11H,12-13H2,1H3,(H,24,28). The SMILES string of the molecule is CC1(c2cccc3ccccc23)NC(=O)N(CC(=O)c2ccc3c(c2)OCO3)C1=O. The molecule has 2 aliphatic rings. The number of benzene rings is 3. The van der Waals surface area contributed by atoms with Crippen LogP contribution in [0.2, 0.25) is 0 Å². The van der Waals surface area contributed by atoms with Crippen LogP contribution in [0, 0.1) is 0 Å². The van der Waals surface area contributed by atoms with Crippen molar-refractivity contribution < 1.29 is 23.9 Å². The van der Waals surface area contributed by atoms with Crippen LogP contribution >= 0.6 is 0 Å². The molecule has 0 saturated carbocycles. The average molecular weight is 402 g/mol.